The van der Waals surface area contributed by atoms with Crippen LogP contribution < -0.4 is 5.32 Å². The van der Waals surface area contributed by atoms with Gasteiger partial charge in [-0.1, -0.05) is 47.1 Å². The summed E-state index contributed by atoms with van der Waals surface area (Å²) in [6.45, 7) is 21.5. The summed E-state index contributed by atoms with van der Waals surface area (Å²) in [5, 5.41) is 3.17. The summed E-state index contributed by atoms with van der Waals surface area (Å²) in [4.78, 5) is 66.1. The summed E-state index contributed by atoms with van der Waals surface area (Å²) in [6, 6.07) is -1.26. The van der Waals surface area contributed by atoms with Gasteiger partial charge >= 0.3 is 0 Å². The molecule has 0 saturated carbocycles. The molecule has 272 valence electrons. The molecule has 4 saturated heterocycles. The van der Waals surface area contributed by atoms with Gasteiger partial charge in [-0.05, 0) is 103 Å². The molecule has 4 aliphatic rings. The highest BCUT2D eigenvalue weighted by Gasteiger charge is 2.42. The fourth-order valence-electron chi connectivity index (χ4n) is 8.43. The van der Waals surface area contributed by atoms with Crippen molar-refractivity contribution in [2.75, 3.05) is 46.3 Å². The number of carbonyl (C=O) groups excluding carboxylic acids is 4. The molecule has 0 radical (unpaired) electrons. The topological polar surface area (TPSA) is 96.5 Å². The third-order valence-corrected chi connectivity index (χ3v) is 11.3. The van der Waals surface area contributed by atoms with Gasteiger partial charge in [-0.25, -0.2) is 0 Å². The van der Waals surface area contributed by atoms with Crippen molar-refractivity contribution in [1.82, 2.24) is 29.8 Å². The summed E-state index contributed by atoms with van der Waals surface area (Å²) < 4.78 is 0. The Morgan fingerprint density at radius 1 is 0.812 bits per heavy atom. The van der Waals surface area contributed by atoms with Gasteiger partial charge in [0.1, 0.15) is 12.1 Å². The third-order valence-electron chi connectivity index (χ3n) is 11.3. The molecule has 4 fully saturated rings. The van der Waals surface area contributed by atoms with Crippen LogP contribution in [-0.2, 0) is 19.2 Å². The van der Waals surface area contributed by atoms with Gasteiger partial charge < -0.3 is 24.9 Å². The number of nitrogens with zero attached hydrogens (tertiary/aromatic N) is 5. The van der Waals surface area contributed by atoms with E-state index in [-0.39, 0.29) is 53.7 Å². The van der Waals surface area contributed by atoms with E-state index in [1.165, 1.54) is 12.8 Å². The number of likely N-dealkylation sites (tertiary alicyclic amines) is 4. The highest BCUT2D eigenvalue weighted by molar-refractivity contribution is 5.97. The second-order valence-electron chi connectivity index (χ2n) is 16.7. The minimum Gasteiger partial charge on any atom is -0.342 e. The number of amides is 4. The van der Waals surface area contributed by atoms with Crippen LogP contribution in [0.1, 0.15) is 113 Å². The van der Waals surface area contributed by atoms with Gasteiger partial charge in [0.25, 0.3) is 0 Å². The molecule has 48 heavy (non-hydrogen) atoms. The van der Waals surface area contributed by atoms with Crippen molar-refractivity contribution in [2.45, 2.75) is 149 Å². The van der Waals surface area contributed by atoms with E-state index in [0.717, 1.165) is 71.2 Å². The largest absolute Gasteiger partial charge is 0.342 e. The lowest BCUT2D eigenvalue weighted by Gasteiger charge is -2.41. The van der Waals surface area contributed by atoms with Crippen LogP contribution >= 0.6 is 0 Å². The fourth-order valence-corrected chi connectivity index (χ4v) is 8.43. The average molecular weight is 671 g/mol. The number of hydrogen-bond donors (Lipinski definition) is 1. The lowest BCUT2D eigenvalue weighted by atomic mass is 9.84. The van der Waals surface area contributed by atoms with E-state index >= 15 is 0 Å². The zero-order valence-corrected chi connectivity index (χ0v) is 31.6. The van der Waals surface area contributed by atoms with Crippen molar-refractivity contribution >= 4 is 23.6 Å². The van der Waals surface area contributed by atoms with E-state index in [1.807, 2.05) is 47.6 Å². The predicted octanol–water partition coefficient (Wildman–Crippen LogP) is 4.29. The van der Waals surface area contributed by atoms with Gasteiger partial charge in [0.05, 0.1) is 12.1 Å². The van der Waals surface area contributed by atoms with Crippen LogP contribution in [0, 0.1) is 11.3 Å². The van der Waals surface area contributed by atoms with Crippen LogP contribution in [0.25, 0.3) is 0 Å². The first-order chi connectivity index (χ1) is 22.6. The maximum atomic E-state index is 14.2. The van der Waals surface area contributed by atoms with Crippen LogP contribution in [0.2, 0.25) is 0 Å². The quantitative estimate of drug-likeness (QED) is 0.330. The van der Waals surface area contributed by atoms with Gasteiger partial charge in [0, 0.05) is 44.3 Å². The number of rotatable bonds is 11. The minimum atomic E-state index is -0.717. The molecule has 10 nitrogen and oxygen atoms in total. The predicted molar refractivity (Wildman–Crippen MR) is 191 cm³/mol. The monoisotopic (exact) mass is 671 g/mol. The third kappa shape index (κ3) is 9.01. The zero-order valence-electron chi connectivity index (χ0n) is 31.6. The molecule has 5 atom stereocenters. The van der Waals surface area contributed by atoms with Crippen LogP contribution in [0.3, 0.4) is 0 Å². The van der Waals surface area contributed by atoms with Crippen LogP contribution in [-0.4, -0.2) is 131 Å². The lowest BCUT2D eigenvalue weighted by Crippen LogP contribution is -2.60. The molecule has 4 unspecified atom stereocenters. The van der Waals surface area contributed by atoms with Crippen molar-refractivity contribution in [3.63, 3.8) is 0 Å². The van der Waals surface area contributed by atoms with Gasteiger partial charge in [-0.2, -0.15) is 0 Å². The molecule has 0 bridgehead atoms. The minimum absolute atomic E-state index is 0.0275. The van der Waals surface area contributed by atoms with Gasteiger partial charge in [0.2, 0.25) is 23.6 Å². The van der Waals surface area contributed by atoms with Crippen LogP contribution in [0.5, 0.6) is 0 Å². The van der Waals surface area contributed by atoms with Crippen LogP contribution in [0.15, 0.2) is 11.6 Å². The normalized spacial score (nSPS) is 26.0. The van der Waals surface area contributed by atoms with Crippen molar-refractivity contribution in [2.24, 2.45) is 11.3 Å². The number of nitrogens with one attached hydrogen (secondary N) is 1. The van der Waals surface area contributed by atoms with Crippen molar-refractivity contribution in [3.05, 3.63) is 11.6 Å². The van der Waals surface area contributed by atoms with E-state index in [9.17, 15) is 19.2 Å². The molecule has 0 aromatic carbocycles. The maximum Gasteiger partial charge on any atom is 0.249 e. The Hall–Kier alpha value is -2.46. The molecule has 0 aromatic heterocycles. The Kier molecular flexibility index (Phi) is 13.2. The van der Waals surface area contributed by atoms with Crippen molar-refractivity contribution < 1.29 is 19.2 Å². The highest BCUT2D eigenvalue weighted by Crippen LogP contribution is 2.29. The summed E-state index contributed by atoms with van der Waals surface area (Å²) in [5.74, 6) is -0.247. The van der Waals surface area contributed by atoms with Gasteiger partial charge in [-0.3, -0.25) is 24.1 Å². The maximum absolute atomic E-state index is 14.2. The van der Waals surface area contributed by atoms with E-state index in [4.69, 9.17) is 0 Å². The lowest BCUT2D eigenvalue weighted by molar-refractivity contribution is -0.143. The summed E-state index contributed by atoms with van der Waals surface area (Å²) >= 11 is 0. The SMILES string of the molecule is C/C(=C\[C@H](C(C)C)N(C)C(=O)C(NC(=O)C1CCCCN1C(C)C)C(C)(C)C)C(=O)N1CCCC1C(=O)N1CCCC1CN1CCCC1. The second-order valence-corrected chi connectivity index (χ2v) is 16.7. The molecule has 0 aromatic rings. The molecule has 4 aliphatic heterocycles. The smallest absolute Gasteiger partial charge is 0.249 e. The summed E-state index contributed by atoms with van der Waals surface area (Å²) in [5.41, 5.74) is 0.0361. The molecule has 10 heteroatoms. The second kappa shape index (κ2) is 16.5. The number of likely N-dealkylation sites (N-methyl/N-ethyl adjacent to an activating group) is 1. The van der Waals surface area contributed by atoms with E-state index in [0.29, 0.717) is 18.5 Å². The molecular weight excluding hydrogens is 604 g/mol. The number of hydrogen-bond acceptors (Lipinski definition) is 6. The van der Waals surface area contributed by atoms with Crippen LogP contribution in [0.4, 0.5) is 0 Å². The van der Waals surface area contributed by atoms with Gasteiger partial charge in [0.15, 0.2) is 0 Å². The summed E-state index contributed by atoms with van der Waals surface area (Å²) in [6.07, 6.45) is 10.8. The Morgan fingerprint density at radius 3 is 2.04 bits per heavy atom. The Morgan fingerprint density at radius 2 is 1.42 bits per heavy atom. The number of carbonyl (C=O) groups is 4. The highest BCUT2D eigenvalue weighted by atomic mass is 16.2. The molecule has 0 aliphatic carbocycles. The van der Waals surface area contributed by atoms with E-state index < -0.39 is 17.5 Å². The fraction of sp³-hybridized carbons (Fsp3) is 0.842. The molecule has 4 amide bonds. The molecular formula is C38H66N6O4. The molecule has 0 spiro atoms. The number of piperidine rings is 1. The van der Waals surface area contributed by atoms with E-state index in [1.54, 1.807) is 16.8 Å². The standard InChI is InChI=1S/C38H66N6O4/c1-26(2)32(40(9)37(48)33(38(6,7)8)39-34(45)30-17-10-11-21-42(30)27(3)4)24-28(5)35(46)44-23-15-18-31(44)36(47)43-22-14-16-29(43)25-41-19-12-13-20-41/h24,26-27,29-33H,10-23,25H2,1-9H3,(H,39,45)/b28-24+/t29?,30?,31?,32-,33?/m1/s1. The molecule has 4 heterocycles. The molecule has 4 rings (SSSR count). The van der Waals surface area contributed by atoms with Crippen molar-refractivity contribution in [3.8, 4) is 0 Å². The zero-order chi connectivity index (χ0) is 35.3. The van der Waals surface area contributed by atoms with E-state index in [2.05, 4.69) is 33.9 Å². The summed E-state index contributed by atoms with van der Waals surface area (Å²) in [7, 11) is 1.78. The first-order valence-corrected chi connectivity index (χ1v) is 19.0. The Labute approximate surface area is 291 Å². The van der Waals surface area contributed by atoms with Crippen molar-refractivity contribution in [1.29, 1.82) is 0 Å². The Balaban J connectivity index is 1.47. The first-order valence-electron chi connectivity index (χ1n) is 19.0. The van der Waals surface area contributed by atoms with Gasteiger partial charge in [-0.15, -0.1) is 0 Å². The first kappa shape index (κ1) is 38.3. The molecule has 1 N–H and O–H groups in total. The Bertz CT molecular complexity index is 1170. The average Bonchev–Trinajstić information content (AvgIpc) is 3.83.